The molecule has 136 valence electrons. The minimum atomic E-state index is -0.400. The van der Waals surface area contributed by atoms with Crippen molar-refractivity contribution in [3.8, 4) is 11.4 Å². The largest absolute Gasteiger partial charge is 0.352 e. The zero-order valence-corrected chi connectivity index (χ0v) is 15.7. The normalized spacial score (nSPS) is 11.1. The molecule has 0 atom stereocenters. The summed E-state index contributed by atoms with van der Waals surface area (Å²) in [5.74, 6) is 0.309. The number of rotatable bonds is 5. The average Bonchev–Trinajstić information content (AvgIpc) is 2.90. The summed E-state index contributed by atoms with van der Waals surface area (Å²) in [6.45, 7) is 6.71. The van der Waals surface area contributed by atoms with E-state index in [-0.39, 0.29) is 12.5 Å². The van der Waals surface area contributed by atoms with Crippen molar-refractivity contribution in [3.05, 3.63) is 51.5 Å². The molecule has 0 unspecified atom stereocenters. The van der Waals surface area contributed by atoms with Crippen molar-refractivity contribution in [3.63, 3.8) is 0 Å². The van der Waals surface area contributed by atoms with Crippen LogP contribution >= 0.6 is 11.6 Å². The number of hydrogen-bond donors (Lipinski definition) is 0. The van der Waals surface area contributed by atoms with Crippen LogP contribution in [0.2, 0.25) is 5.02 Å². The Morgan fingerprint density at radius 3 is 2.62 bits per heavy atom. The molecule has 0 saturated carbocycles. The molecule has 0 aliphatic rings. The van der Waals surface area contributed by atoms with Gasteiger partial charge >= 0.3 is 5.69 Å². The summed E-state index contributed by atoms with van der Waals surface area (Å²) in [5, 5.41) is 4.87. The van der Waals surface area contributed by atoms with E-state index in [1.807, 2.05) is 26.8 Å². The van der Waals surface area contributed by atoms with E-state index >= 15 is 0 Å². The van der Waals surface area contributed by atoms with Crippen molar-refractivity contribution in [2.24, 2.45) is 0 Å². The minimum absolute atomic E-state index is 0.101. The van der Waals surface area contributed by atoms with Crippen molar-refractivity contribution in [2.75, 3.05) is 13.1 Å². The maximum atomic E-state index is 12.9. The Morgan fingerprint density at radius 1 is 1.23 bits per heavy atom. The van der Waals surface area contributed by atoms with Gasteiger partial charge in [-0.05, 0) is 32.9 Å². The van der Waals surface area contributed by atoms with Crippen LogP contribution in [0.3, 0.4) is 0 Å². The molecule has 2 aromatic heterocycles. The van der Waals surface area contributed by atoms with Gasteiger partial charge in [0, 0.05) is 35.4 Å². The zero-order chi connectivity index (χ0) is 18.8. The Hall–Kier alpha value is -2.67. The number of carbonyl (C=O) groups excluding carboxylic acids is 1. The number of benzene rings is 1. The summed E-state index contributed by atoms with van der Waals surface area (Å²) in [6.07, 6.45) is 0. The summed E-state index contributed by atoms with van der Waals surface area (Å²) < 4.78 is 2.60. The van der Waals surface area contributed by atoms with E-state index in [4.69, 9.17) is 11.6 Å². The van der Waals surface area contributed by atoms with Gasteiger partial charge in [0.1, 0.15) is 12.4 Å². The van der Waals surface area contributed by atoms with E-state index in [0.717, 1.165) is 5.69 Å². The van der Waals surface area contributed by atoms with E-state index in [2.05, 4.69) is 10.1 Å². The zero-order valence-electron chi connectivity index (χ0n) is 14.9. The lowest BCUT2D eigenvalue weighted by Crippen LogP contribution is -2.36. The molecule has 0 aliphatic heterocycles. The van der Waals surface area contributed by atoms with Crippen molar-refractivity contribution in [1.29, 1.82) is 0 Å². The van der Waals surface area contributed by atoms with Gasteiger partial charge in [0.05, 0.1) is 0 Å². The van der Waals surface area contributed by atoms with Crippen LogP contribution in [0.1, 0.15) is 19.5 Å². The fourth-order valence-corrected chi connectivity index (χ4v) is 3.07. The number of fused-ring (bicyclic) bond motifs is 1. The highest BCUT2D eigenvalue weighted by Crippen LogP contribution is 2.21. The van der Waals surface area contributed by atoms with Gasteiger partial charge in [-0.25, -0.2) is 18.9 Å². The second kappa shape index (κ2) is 7.29. The van der Waals surface area contributed by atoms with Crippen LogP contribution in [0.25, 0.3) is 17.0 Å². The Balaban J connectivity index is 2.13. The van der Waals surface area contributed by atoms with Crippen LogP contribution in [-0.4, -0.2) is 43.1 Å². The predicted molar refractivity (Wildman–Crippen MR) is 100 cm³/mol. The van der Waals surface area contributed by atoms with Crippen LogP contribution in [-0.2, 0) is 11.3 Å². The van der Waals surface area contributed by atoms with Crippen molar-refractivity contribution < 1.29 is 4.79 Å². The molecule has 0 aliphatic carbocycles. The van der Waals surface area contributed by atoms with Gasteiger partial charge in [0.25, 0.3) is 0 Å². The molecule has 1 aromatic carbocycles. The Morgan fingerprint density at radius 2 is 1.96 bits per heavy atom. The molecule has 8 heteroatoms. The number of aryl methyl sites for hydroxylation is 1. The Kier molecular flexibility index (Phi) is 5.08. The molecule has 2 heterocycles. The maximum absolute atomic E-state index is 12.9. The molecule has 7 nitrogen and oxygen atoms in total. The van der Waals surface area contributed by atoms with E-state index in [1.54, 1.807) is 29.2 Å². The first-order valence-electron chi connectivity index (χ1n) is 8.45. The first-order valence-corrected chi connectivity index (χ1v) is 8.83. The van der Waals surface area contributed by atoms with Gasteiger partial charge in [0.2, 0.25) is 5.91 Å². The fraction of sp³-hybridized carbons (Fsp3) is 0.333. The topological polar surface area (TPSA) is 72.5 Å². The third kappa shape index (κ3) is 3.35. The molecule has 0 spiro atoms. The van der Waals surface area contributed by atoms with Crippen molar-refractivity contribution in [2.45, 2.75) is 27.3 Å². The molecule has 0 N–H and O–H groups in total. The predicted octanol–water partition coefficient (Wildman–Crippen LogP) is 2.39. The Bertz CT molecular complexity index is 1020. The SMILES string of the molecule is CCN(CC)C(=O)Cn1nc2cc(C)nc(-c3cccc(Cl)c3)n2c1=O. The summed E-state index contributed by atoms with van der Waals surface area (Å²) in [7, 11) is 0. The fourth-order valence-electron chi connectivity index (χ4n) is 2.88. The van der Waals surface area contributed by atoms with Gasteiger partial charge in [0.15, 0.2) is 5.65 Å². The molecule has 3 aromatic rings. The van der Waals surface area contributed by atoms with Crippen LogP contribution < -0.4 is 5.69 Å². The summed E-state index contributed by atoms with van der Waals surface area (Å²) in [6, 6.07) is 8.85. The molecular formula is C18H20ClN5O2. The third-order valence-electron chi connectivity index (χ3n) is 4.18. The highest BCUT2D eigenvalue weighted by Gasteiger charge is 2.18. The van der Waals surface area contributed by atoms with Crippen LogP contribution in [0.5, 0.6) is 0 Å². The number of carbonyl (C=O) groups is 1. The van der Waals surface area contributed by atoms with Crippen LogP contribution in [0, 0.1) is 6.92 Å². The molecule has 26 heavy (non-hydrogen) atoms. The first-order chi connectivity index (χ1) is 12.4. The number of nitrogens with zero attached hydrogens (tertiary/aromatic N) is 5. The highest BCUT2D eigenvalue weighted by atomic mass is 35.5. The van der Waals surface area contributed by atoms with E-state index in [9.17, 15) is 9.59 Å². The quantitative estimate of drug-likeness (QED) is 0.688. The van der Waals surface area contributed by atoms with Crippen LogP contribution in [0.15, 0.2) is 35.1 Å². The third-order valence-corrected chi connectivity index (χ3v) is 4.42. The summed E-state index contributed by atoms with van der Waals surface area (Å²) >= 11 is 6.08. The molecular weight excluding hydrogens is 354 g/mol. The van der Waals surface area contributed by atoms with Gasteiger partial charge in [-0.3, -0.25) is 4.79 Å². The van der Waals surface area contributed by atoms with E-state index in [0.29, 0.717) is 35.1 Å². The standard InChI is InChI=1S/C18H20ClN5O2/c1-4-22(5-2)16(25)11-23-18(26)24-15(21-23)9-12(3)20-17(24)13-7-6-8-14(19)10-13/h6-10H,4-5,11H2,1-3H3. The second-order valence-electron chi connectivity index (χ2n) is 5.93. The number of likely N-dealkylation sites (N-methyl/N-ethyl adjacent to an activating group) is 1. The minimum Gasteiger partial charge on any atom is -0.342 e. The molecule has 0 bridgehead atoms. The van der Waals surface area contributed by atoms with Gasteiger partial charge in [-0.1, -0.05) is 23.7 Å². The number of amides is 1. The van der Waals surface area contributed by atoms with Crippen molar-refractivity contribution >= 4 is 23.2 Å². The molecule has 0 fully saturated rings. The second-order valence-corrected chi connectivity index (χ2v) is 6.37. The lowest BCUT2D eigenvalue weighted by atomic mass is 10.2. The van der Waals surface area contributed by atoms with E-state index < -0.39 is 5.69 Å². The van der Waals surface area contributed by atoms with E-state index in [1.165, 1.54) is 9.08 Å². The van der Waals surface area contributed by atoms with Crippen LogP contribution in [0.4, 0.5) is 0 Å². The number of aromatic nitrogens is 4. The molecule has 0 saturated heterocycles. The van der Waals surface area contributed by atoms with Gasteiger partial charge in [-0.2, -0.15) is 0 Å². The molecule has 0 radical (unpaired) electrons. The summed E-state index contributed by atoms with van der Waals surface area (Å²) in [4.78, 5) is 31.4. The van der Waals surface area contributed by atoms with Gasteiger partial charge in [-0.15, -0.1) is 5.10 Å². The maximum Gasteiger partial charge on any atom is 0.352 e. The van der Waals surface area contributed by atoms with Crippen molar-refractivity contribution in [1.82, 2.24) is 24.1 Å². The Labute approximate surface area is 155 Å². The summed E-state index contributed by atoms with van der Waals surface area (Å²) in [5.41, 5.74) is 1.48. The van der Waals surface area contributed by atoms with Gasteiger partial charge < -0.3 is 4.90 Å². The lowest BCUT2D eigenvalue weighted by molar-refractivity contribution is -0.131. The first kappa shape index (κ1) is 18.1. The number of hydrogen-bond acceptors (Lipinski definition) is 4. The smallest absolute Gasteiger partial charge is 0.342 e. The highest BCUT2D eigenvalue weighted by molar-refractivity contribution is 6.30. The molecule has 3 rings (SSSR count). The monoisotopic (exact) mass is 373 g/mol. The molecule has 1 amide bonds. The number of halogens is 1. The lowest BCUT2D eigenvalue weighted by Gasteiger charge is -2.17. The average molecular weight is 374 g/mol.